The Hall–Kier alpha value is -7.72. The van der Waals surface area contributed by atoms with Crippen molar-refractivity contribution in [2.75, 3.05) is 13.7 Å². The molecule has 7 heterocycles. The summed E-state index contributed by atoms with van der Waals surface area (Å²) in [5.74, 6) is -2.56. The number of pyridine rings is 2. The molecule has 3 atom stereocenters. The number of carbonyl (C=O) groups is 4. The van der Waals surface area contributed by atoms with Gasteiger partial charge in [0, 0.05) is 29.8 Å². The van der Waals surface area contributed by atoms with Gasteiger partial charge in [-0.05, 0) is 95.0 Å². The van der Waals surface area contributed by atoms with Crippen molar-refractivity contribution in [3.05, 3.63) is 143 Å². The number of methoxy groups -OCH3 is 1. The number of hydrogen-bond acceptors (Lipinski definition) is 17. The predicted molar refractivity (Wildman–Crippen MR) is 251 cm³/mol. The second-order valence-electron chi connectivity index (χ2n) is 15.7. The number of nitrogens with one attached hydrogen (secondary N) is 2. The van der Waals surface area contributed by atoms with Gasteiger partial charge in [0.2, 0.25) is 11.8 Å². The van der Waals surface area contributed by atoms with E-state index in [1.165, 1.54) is 69.7 Å². The number of rotatable bonds is 12. The summed E-state index contributed by atoms with van der Waals surface area (Å²) in [4.78, 5) is 65.6. The van der Waals surface area contributed by atoms with Crippen molar-refractivity contribution in [2.45, 2.75) is 78.5 Å². The zero-order chi connectivity index (χ0) is 51.4. The van der Waals surface area contributed by atoms with Crippen molar-refractivity contribution in [3.8, 4) is 11.4 Å². The maximum atomic E-state index is 13.3. The number of aromatic carboxylic acids is 1. The van der Waals surface area contributed by atoms with Gasteiger partial charge in [0.05, 0.1) is 71.5 Å². The number of fused-ring (bicyclic) bond motifs is 2. The van der Waals surface area contributed by atoms with Gasteiger partial charge in [-0.15, -0.1) is 0 Å². The largest absolute Gasteiger partial charge is 1.00 e. The van der Waals surface area contributed by atoms with Crippen molar-refractivity contribution < 1.29 is 86.2 Å². The molecule has 380 valence electrons. The molecule has 1 aliphatic heterocycles. The van der Waals surface area contributed by atoms with Crippen LogP contribution in [-0.4, -0.2) is 104 Å². The van der Waals surface area contributed by atoms with E-state index in [-0.39, 0.29) is 70.5 Å². The van der Waals surface area contributed by atoms with E-state index in [2.05, 4.69) is 47.7 Å². The minimum absolute atomic E-state index is 0. The Morgan fingerprint density at radius 1 is 0.726 bits per heavy atom. The van der Waals surface area contributed by atoms with Gasteiger partial charge in [0.25, 0.3) is 11.8 Å². The van der Waals surface area contributed by atoms with Gasteiger partial charge in [0.1, 0.15) is 35.2 Å². The van der Waals surface area contributed by atoms with E-state index < -0.39 is 35.8 Å². The molecule has 0 aliphatic carbocycles. The number of oxazole rings is 2. The fourth-order valence-corrected chi connectivity index (χ4v) is 7.33. The van der Waals surface area contributed by atoms with Crippen LogP contribution >= 0.6 is 0 Å². The van der Waals surface area contributed by atoms with Crippen LogP contribution in [-0.2, 0) is 9.47 Å². The summed E-state index contributed by atoms with van der Waals surface area (Å²) < 4.78 is 50.5. The third-order valence-corrected chi connectivity index (χ3v) is 11.0. The molecule has 9 rings (SSSR count). The summed E-state index contributed by atoms with van der Waals surface area (Å²) in [7, 11) is 1.26. The first-order valence-corrected chi connectivity index (χ1v) is 22.1. The second kappa shape index (κ2) is 26.6. The van der Waals surface area contributed by atoms with Crippen LogP contribution in [0.25, 0.3) is 33.2 Å². The van der Waals surface area contributed by atoms with E-state index >= 15 is 0 Å². The summed E-state index contributed by atoms with van der Waals surface area (Å²) in [6.07, 6.45) is 13.1. The van der Waals surface area contributed by atoms with Gasteiger partial charge in [0.15, 0.2) is 11.4 Å². The molecule has 8 aromatic rings. The first kappa shape index (κ1) is 57.9. The van der Waals surface area contributed by atoms with E-state index in [1.807, 2.05) is 13.8 Å². The molecule has 22 nitrogen and oxygen atoms in total. The fourth-order valence-electron chi connectivity index (χ4n) is 7.33. The van der Waals surface area contributed by atoms with E-state index in [1.54, 1.807) is 59.1 Å². The molecule has 0 radical (unpaired) electrons. The van der Waals surface area contributed by atoms with Gasteiger partial charge in [-0.25, -0.2) is 37.7 Å². The number of halogens is 2. The number of nitrogens with zero attached hydrogens (tertiary/aromatic N) is 8. The zero-order valence-electron chi connectivity index (χ0n) is 40.7. The topological polar surface area (TPSA) is 315 Å². The van der Waals surface area contributed by atoms with Crippen LogP contribution in [0.2, 0.25) is 0 Å². The molecule has 1 fully saturated rings. The van der Waals surface area contributed by atoms with Crippen LogP contribution in [0.1, 0.15) is 124 Å². The van der Waals surface area contributed by atoms with Crippen molar-refractivity contribution >= 4 is 45.6 Å². The predicted octanol–water partition coefficient (Wildman–Crippen LogP) is 4.99. The monoisotopic (exact) mass is 1000 g/mol. The Labute approximate surface area is 427 Å². The van der Waals surface area contributed by atoms with E-state index in [0.717, 1.165) is 6.61 Å². The second-order valence-corrected chi connectivity index (χ2v) is 15.7. The molecule has 0 spiro atoms. The Balaban J connectivity index is 0.000000269. The zero-order valence-corrected chi connectivity index (χ0v) is 40.7. The minimum atomic E-state index is -1.20. The molecule has 25 heteroatoms. The molecule has 2 aromatic carbocycles. The number of carboxylic acid groups (broad SMARTS) is 1. The first-order chi connectivity index (χ1) is 34.2. The molecule has 6 N–H and O–H groups in total. The summed E-state index contributed by atoms with van der Waals surface area (Å²) in [5, 5.41) is 36.6. The Morgan fingerprint density at radius 3 is 1.49 bits per heavy atom. The van der Waals surface area contributed by atoms with Gasteiger partial charge >= 0.3 is 30.8 Å². The Bertz CT molecular complexity index is 3120. The molecular formula is C48H51F2LiN10O12. The molecule has 1 aliphatic rings. The van der Waals surface area contributed by atoms with E-state index in [9.17, 15) is 33.1 Å². The van der Waals surface area contributed by atoms with Crippen molar-refractivity contribution in [1.29, 1.82) is 0 Å². The van der Waals surface area contributed by atoms with Crippen molar-refractivity contribution in [2.24, 2.45) is 0 Å². The Kier molecular flexibility index (Phi) is 21.1. The molecule has 1 saturated heterocycles. The molecule has 6 aromatic heterocycles. The SMILES string of the molecule is CC1CCCO1.CCC(NC(=O)c1cncc2c1cnn2-c1ccc(F)cc1)c1nc(C(=O)O)c(C)o1.CCC(NC(=O)c1cncc2c1cnn2-c1ccc(F)cc1)c1nc(C(=O)OC)c(C)o1.OO.[Li+].[OH-]. The summed E-state index contributed by atoms with van der Waals surface area (Å²) >= 11 is 0. The number of amides is 2. The number of benzene rings is 2. The van der Waals surface area contributed by atoms with Crippen molar-refractivity contribution in [3.63, 3.8) is 0 Å². The third-order valence-electron chi connectivity index (χ3n) is 11.0. The van der Waals surface area contributed by atoms with Gasteiger partial charge in [-0.1, -0.05) is 13.8 Å². The van der Waals surface area contributed by atoms with Crippen LogP contribution in [0.4, 0.5) is 8.78 Å². The number of aryl methyl sites for hydroxylation is 2. The number of aromatic nitrogens is 8. The summed E-state index contributed by atoms with van der Waals surface area (Å²) in [6.45, 7) is 9.88. The number of carboxylic acids is 1. The maximum Gasteiger partial charge on any atom is 1.00 e. The van der Waals surface area contributed by atoms with Gasteiger partial charge < -0.3 is 39.5 Å². The van der Waals surface area contributed by atoms with E-state index in [4.69, 9.17) is 28.8 Å². The maximum absolute atomic E-state index is 13.3. The molecule has 2 amide bonds. The number of ether oxygens (including phenoxy) is 2. The van der Waals surface area contributed by atoms with Crippen molar-refractivity contribution in [1.82, 2.24) is 50.1 Å². The standard InChI is InChI=1S/C22H20FN5O4.C21H18FN5O4.C5H10O.Li.H2O2.H2O/c1-4-17(21-27-19(12(2)32-21)22(30)31-3)26-20(29)16-9-24-11-18-15(16)10-25-28(18)14-7-5-13(23)6-8-14;1-3-16(20-26-18(21(29)30)11(2)31-20)25-19(28)15-8-23-10-17-14(15)9-24-27(17)13-6-4-12(22)5-7-13;1-5-3-2-4-6-5;;1-2;/h5-11,17H,4H2,1-3H3,(H,26,29);4-10,16H,3H2,1-2H3,(H,25,28)(H,29,30);5H,2-4H2,1H3;;1-2H;1H2/q;;;+1;;/p-1. The molecule has 0 saturated carbocycles. The molecule has 3 unspecified atom stereocenters. The van der Waals surface area contributed by atoms with Crippen LogP contribution < -0.4 is 29.5 Å². The van der Waals surface area contributed by atoms with Crippen LogP contribution in [0.3, 0.4) is 0 Å². The third kappa shape index (κ3) is 13.6. The minimum Gasteiger partial charge on any atom is -0.870 e. The number of hydrogen-bond donors (Lipinski definition) is 5. The average Bonchev–Trinajstić information content (AvgIpc) is 4.25. The Morgan fingerprint density at radius 2 is 1.15 bits per heavy atom. The van der Waals surface area contributed by atoms with E-state index in [0.29, 0.717) is 63.4 Å². The first-order valence-electron chi connectivity index (χ1n) is 22.1. The van der Waals surface area contributed by atoms with Gasteiger partial charge in [-0.2, -0.15) is 10.2 Å². The molecule has 73 heavy (non-hydrogen) atoms. The average molecular weight is 1000 g/mol. The molecular weight excluding hydrogens is 954 g/mol. The van der Waals surface area contributed by atoms with Crippen LogP contribution in [0, 0.1) is 25.5 Å². The number of esters is 1. The smallest absolute Gasteiger partial charge is 0.870 e. The summed E-state index contributed by atoms with van der Waals surface area (Å²) in [5.41, 5.74) is 2.91. The normalized spacial score (nSPS) is 13.3. The quantitative estimate of drug-likeness (QED) is 0.0466. The number of carbonyl (C=O) groups excluding carboxylic acids is 3. The fraction of sp³-hybridized carbons (Fsp3) is 0.292. The van der Waals surface area contributed by atoms with Crippen LogP contribution in [0.5, 0.6) is 0 Å². The van der Waals surface area contributed by atoms with Crippen LogP contribution in [0.15, 0.2) is 94.5 Å². The van der Waals surface area contributed by atoms with Gasteiger partial charge in [-0.3, -0.25) is 30.1 Å². The molecule has 0 bridgehead atoms. The summed E-state index contributed by atoms with van der Waals surface area (Å²) in [6, 6.07) is 10.4.